The summed E-state index contributed by atoms with van der Waals surface area (Å²) < 4.78 is 0. The van der Waals surface area contributed by atoms with Crippen molar-refractivity contribution in [1.82, 2.24) is 4.90 Å². The van der Waals surface area contributed by atoms with Crippen LogP contribution in [0.15, 0.2) is 0 Å². The Morgan fingerprint density at radius 2 is 1.85 bits per heavy atom. The standard InChI is InChI=1S/C17H34N2O/c1-4-5-7-15-8-10-16(11-9-15)17(20)19(14(2)3)13-6-12-18/h14-16H,4-13,18H2,1-3H3. The zero-order valence-electron chi connectivity index (χ0n) is 13.7. The van der Waals surface area contributed by atoms with Gasteiger partial charge in [0, 0.05) is 18.5 Å². The molecular formula is C17H34N2O. The second-order valence-electron chi connectivity index (χ2n) is 6.63. The van der Waals surface area contributed by atoms with E-state index in [1.165, 1.54) is 32.1 Å². The average Bonchev–Trinajstić information content (AvgIpc) is 2.45. The van der Waals surface area contributed by atoms with Crippen molar-refractivity contribution < 1.29 is 4.79 Å². The Bertz CT molecular complexity index is 270. The average molecular weight is 282 g/mol. The molecule has 0 saturated heterocycles. The second-order valence-corrected chi connectivity index (χ2v) is 6.63. The zero-order valence-corrected chi connectivity index (χ0v) is 13.7. The van der Waals surface area contributed by atoms with Crippen LogP contribution in [0.2, 0.25) is 0 Å². The van der Waals surface area contributed by atoms with E-state index in [1.807, 2.05) is 4.90 Å². The maximum Gasteiger partial charge on any atom is 0.225 e. The van der Waals surface area contributed by atoms with Gasteiger partial charge in [-0.25, -0.2) is 0 Å². The van der Waals surface area contributed by atoms with E-state index in [-0.39, 0.29) is 5.92 Å². The summed E-state index contributed by atoms with van der Waals surface area (Å²) in [6, 6.07) is 0.298. The van der Waals surface area contributed by atoms with Gasteiger partial charge in [0.2, 0.25) is 5.91 Å². The number of unbranched alkanes of at least 4 members (excludes halogenated alkanes) is 1. The highest BCUT2D eigenvalue weighted by molar-refractivity contribution is 5.79. The fourth-order valence-electron chi connectivity index (χ4n) is 3.31. The van der Waals surface area contributed by atoms with Crippen LogP contribution in [0, 0.1) is 11.8 Å². The van der Waals surface area contributed by atoms with Crippen molar-refractivity contribution >= 4 is 5.91 Å². The third kappa shape index (κ3) is 5.43. The molecule has 20 heavy (non-hydrogen) atoms. The Labute approximate surface area is 125 Å². The van der Waals surface area contributed by atoms with Crippen LogP contribution in [-0.2, 0) is 4.79 Å². The molecule has 1 aliphatic carbocycles. The highest BCUT2D eigenvalue weighted by Gasteiger charge is 2.29. The van der Waals surface area contributed by atoms with Gasteiger partial charge in [0.05, 0.1) is 0 Å². The molecule has 0 heterocycles. The lowest BCUT2D eigenvalue weighted by molar-refractivity contribution is -0.138. The molecule has 1 rings (SSSR count). The van der Waals surface area contributed by atoms with Crippen LogP contribution in [0.3, 0.4) is 0 Å². The predicted octanol–water partition coefficient (Wildman–Crippen LogP) is 3.57. The van der Waals surface area contributed by atoms with Crippen molar-refractivity contribution in [2.75, 3.05) is 13.1 Å². The highest BCUT2D eigenvalue weighted by atomic mass is 16.2. The monoisotopic (exact) mass is 282 g/mol. The number of carbonyl (C=O) groups excluding carboxylic acids is 1. The fourth-order valence-corrected chi connectivity index (χ4v) is 3.31. The third-order valence-electron chi connectivity index (χ3n) is 4.67. The lowest BCUT2D eigenvalue weighted by atomic mass is 9.79. The van der Waals surface area contributed by atoms with E-state index >= 15 is 0 Å². The summed E-state index contributed by atoms with van der Waals surface area (Å²) in [5, 5.41) is 0. The van der Waals surface area contributed by atoms with E-state index in [4.69, 9.17) is 5.73 Å². The Morgan fingerprint density at radius 1 is 1.20 bits per heavy atom. The van der Waals surface area contributed by atoms with Crippen LogP contribution in [0.25, 0.3) is 0 Å². The maximum absolute atomic E-state index is 12.7. The number of carbonyl (C=O) groups is 1. The van der Waals surface area contributed by atoms with E-state index in [0.29, 0.717) is 18.5 Å². The maximum atomic E-state index is 12.7. The van der Waals surface area contributed by atoms with E-state index < -0.39 is 0 Å². The van der Waals surface area contributed by atoms with Crippen molar-refractivity contribution in [3.05, 3.63) is 0 Å². The summed E-state index contributed by atoms with van der Waals surface area (Å²) in [6.45, 7) is 7.97. The van der Waals surface area contributed by atoms with Crippen LogP contribution in [0.1, 0.15) is 72.1 Å². The molecule has 118 valence electrons. The highest BCUT2D eigenvalue weighted by Crippen LogP contribution is 2.33. The molecular weight excluding hydrogens is 248 g/mol. The molecule has 1 fully saturated rings. The fraction of sp³-hybridized carbons (Fsp3) is 0.941. The quantitative estimate of drug-likeness (QED) is 0.740. The van der Waals surface area contributed by atoms with E-state index in [0.717, 1.165) is 31.7 Å². The van der Waals surface area contributed by atoms with Gasteiger partial charge in [-0.3, -0.25) is 4.79 Å². The molecule has 0 aliphatic heterocycles. The molecule has 1 saturated carbocycles. The number of hydrogen-bond donors (Lipinski definition) is 1. The third-order valence-corrected chi connectivity index (χ3v) is 4.67. The van der Waals surface area contributed by atoms with Gasteiger partial charge in [0.1, 0.15) is 0 Å². The van der Waals surface area contributed by atoms with Crippen molar-refractivity contribution in [1.29, 1.82) is 0 Å². The molecule has 1 aliphatic rings. The van der Waals surface area contributed by atoms with Crippen molar-refractivity contribution in [2.24, 2.45) is 17.6 Å². The molecule has 0 aromatic rings. The van der Waals surface area contributed by atoms with Gasteiger partial charge in [0.25, 0.3) is 0 Å². The van der Waals surface area contributed by atoms with E-state index in [2.05, 4.69) is 20.8 Å². The summed E-state index contributed by atoms with van der Waals surface area (Å²) in [5.74, 6) is 1.52. The normalized spacial score (nSPS) is 23.1. The van der Waals surface area contributed by atoms with Crippen LogP contribution >= 0.6 is 0 Å². The largest absolute Gasteiger partial charge is 0.340 e. The minimum atomic E-state index is 0.271. The summed E-state index contributed by atoms with van der Waals surface area (Å²) in [5.41, 5.74) is 5.58. The molecule has 0 spiro atoms. The lowest BCUT2D eigenvalue weighted by Crippen LogP contribution is -2.43. The van der Waals surface area contributed by atoms with E-state index in [1.54, 1.807) is 0 Å². The second kappa shape index (κ2) is 9.38. The van der Waals surface area contributed by atoms with Crippen LogP contribution in [-0.4, -0.2) is 29.9 Å². The van der Waals surface area contributed by atoms with Gasteiger partial charge in [0.15, 0.2) is 0 Å². The Kier molecular flexibility index (Phi) is 8.20. The molecule has 0 bridgehead atoms. The first-order valence-electron chi connectivity index (χ1n) is 8.60. The molecule has 0 aromatic carbocycles. The van der Waals surface area contributed by atoms with Crippen molar-refractivity contribution in [3.8, 4) is 0 Å². The number of rotatable bonds is 8. The molecule has 0 unspecified atom stereocenters. The zero-order chi connectivity index (χ0) is 15.0. The molecule has 0 atom stereocenters. The number of nitrogens with zero attached hydrogens (tertiary/aromatic N) is 1. The topological polar surface area (TPSA) is 46.3 Å². The first-order valence-corrected chi connectivity index (χ1v) is 8.60. The van der Waals surface area contributed by atoms with Crippen LogP contribution in [0.5, 0.6) is 0 Å². The van der Waals surface area contributed by atoms with Crippen LogP contribution < -0.4 is 5.73 Å². The molecule has 0 aromatic heterocycles. The SMILES string of the molecule is CCCCC1CCC(C(=O)N(CCCN)C(C)C)CC1. The van der Waals surface area contributed by atoms with Gasteiger partial charge < -0.3 is 10.6 Å². The minimum absolute atomic E-state index is 0.271. The lowest BCUT2D eigenvalue weighted by Gasteiger charge is -2.34. The first kappa shape index (κ1) is 17.5. The molecule has 0 radical (unpaired) electrons. The van der Waals surface area contributed by atoms with Gasteiger partial charge >= 0.3 is 0 Å². The summed E-state index contributed by atoms with van der Waals surface area (Å²) in [6.07, 6.45) is 9.60. The molecule has 3 heteroatoms. The van der Waals surface area contributed by atoms with Crippen molar-refractivity contribution in [2.45, 2.75) is 78.2 Å². The summed E-state index contributed by atoms with van der Waals surface area (Å²) in [4.78, 5) is 14.7. The predicted molar refractivity (Wildman–Crippen MR) is 85.5 cm³/mol. The van der Waals surface area contributed by atoms with Gasteiger partial charge in [-0.2, -0.15) is 0 Å². The minimum Gasteiger partial charge on any atom is -0.340 e. The Balaban J connectivity index is 2.43. The summed E-state index contributed by atoms with van der Waals surface area (Å²) in [7, 11) is 0. The number of nitrogens with two attached hydrogens (primary N) is 1. The number of hydrogen-bond acceptors (Lipinski definition) is 2. The van der Waals surface area contributed by atoms with Gasteiger partial charge in [-0.1, -0.05) is 26.2 Å². The Hall–Kier alpha value is -0.570. The first-order chi connectivity index (χ1) is 9.60. The van der Waals surface area contributed by atoms with Gasteiger partial charge in [-0.05, 0) is 58.4 Å². The van der Waals surface area contributed by atoms with Crippen LogP contribution in [0.4, 0.5) is 0 Å². The molecule has 2 N–H and O–H groups in total. The Morgan fingerprint density at radius 3 is 2.35 bits per heavy atom. The summed E-state index contributed by atoms with van der Waals surface area (Å²) >= 11 is 0. The number of amides is 1. The van der Waals surface area contributed by atoms with Crippen molar-refractivity contribution in [3.63, 3.8) is 0 Å². The molecule has 3 nitrogen and oxygen atoms in total. The van der Waals surface area contributed by atoms with E-state index in [9.17, 15) is 4.79 Å². The van der Waals surface area contributed by atoms with Gasteiger partial charge in [-0.15, -0.1) is 0 Å². The smallest absolute Gasteiger partial charge is 0.225 e. The molecule has 1 amide bonds.